The Labute approximate surface area is 119 Å². The number of carbonyl (C=O) groups excluding carboxylic acids is 1. The number of hydrogen-bond acceptors (Lipinski definition) is 4. The maximum absolute atomic E-state index is 12.2. The van der Waals surface area contributed by atoms with E-state index in [0.717, 1.165) is 6.26 Å². The molecule has 1 atom stereocenters. The highest BCUT2D eigenvalue weighted by atomic mass is 32.2. The van der Waals surface area contributed by atoms with E-state index in [1.807, 2.05) is 6.92 Å². The highest BCUT2D eigenvalue weighted by Gasteiger charge is 2.29. The van der Waals surface area contributed by atoms with Crippen molar-refractivity contribution in [3.63, 3.8) is 0 Å². The van der Waals surface area contributed by atoms with Crippen molar-refractivity contribution < 1.29 is 13.2 Å². The fourth-order valence-corrected chi connectivity index (χ4v) is 2.11. The summed E-state index contributed by atoms with van der Waals surface area (Å²) >= 11 is 0. The molecule has 0 fully saturated rings. The fourth-order valence-electron chi connectivity index (χ4n) is 1.55. The van der Waals surface area contributed by atoms with E-state index < -0.39 is 15.4 Å². The Kier molecular flexibility index (Phi) is 5.13. The van der Waals surface area contributed by atoms with Crippen molar-refractivity contribution in [1.82, 2.24) is 0 Å². The number of nitrogens with one attached hydrogen (secondary N) is 2. The summed E-state index contributed by atoms with van der Waals surface area (Å²) in [4.78, 5) is 12.2. The second-order valence-electron chi connectivity index (χ2n) is 5.03. The lowest BCUT2D eigenvalue weighted by Crippen LogP contribution is -2.39. The van der Waals surface area contributed by atoms with Gasteiger partial charge in [0.1, 0.15) is 0 Å². The highest BCUT2D eigenvalue weighted by molar-refractivity contribution is 7.92. The van der Waals surface area contributed by atoms with Crippen LogP contribution >= 0.6 is 0 Å². The van der Waals surface area contributed by atoms with Crippen LogP contribution in [0.25, 0.3) is 0 Å². The summed E-state index contributed by atoms with van der Waals surface area (Å²) in [5, 5.41) is 2.76. The summed E-state index contributed by atoms with van der Waals surface area (Å²) in [7, 11) is -3.34. The molecule has 1 amide bonds. The molecular weight excluding hydrogens is 278 g/mol. The van der Waals surface area contributed by atoms with Gasteiger partial charge in [-0.15, -0.1) is 0 Å². The third-order valence-electron chi connectivity index (χ3n) is 3.20. The molecule has 6 nitrogen and oxygen atoms in total. The molecule has 1 aromatic rings. The molecule has 0 radical (unpaired) electrons. The molecular formula is C13H21N3O3S. The van der Waals surface area contributed by atoms with Crippen molar-refractivity contribution in [3.8, 4) is 0 Å². The van der Waals surface area contributed by atoms with Crippen LogP contribution in [0, 0.1) is 5.41 Å². The lowest BCUT2D eigenvalue weighted by Gasteiger charge is -2.25. The number of amides is 1. The Morgan fingerprint density at radius 2 is 1.95 bits per heavy atom. The topological polar surface area (TPSA) is 101 Å². The van der Waals surface area contributed by atoms with Crippen molar-refractivity contribution in [1.29, 1.82) is 0 Å². The summed E-state index contributed by atoms with van der Waals surface area (Å²) in [6, 6.07) is 6.52. The average Bonchev–Trinajstić information content (AvgIpc) is 2.36. The molecule has 1 aromatic carbocycles. The van der Waals surface area contributed by atoms with Gasteiger partial charge in [-0.1, -0.05) is 13.0 Å². The van der Waals surface area contributed by atoms with Crippen LogP contribution in [0.1, 0.15) is 20.3 Å². The van der Waals surface area contributed by atoms with Crippen LogP contribution < -0.4 is 15.8 Å². The van der Waals surface area contributed by atoms with Crippen LogP contribution in [-0.4, -0.2) is 27.1 Å². The van der Waals surface area contributed by atoms with Crippen LogP contribution in [0.5, 0.6) is 0 Å². The van der Waals surface area contributed by atoms with E-state index in [1.165, 1.54) is 0 Å². The Morgan fingerprint density at radius 3 is 2.45 bits per heavy atom. The summed E-state index contributed by atoms with van der Waals surface area (Å²) in [5.41, 5.74) is 5.92. The van der Waals surface area contributed by atoms with Crippen molar-refractivity contribution >= 4 is 27.3 Å². The molecule has 0 aliphatic heterocycles. The summed E-state index contributed by atoms with van der Waals surface area (Å²) in [6.45, 7) is 3.94. The summed E-state index contributed by atoms with van der Waals surface area (Å²) in [6.07, 6.45) is 1.69. The highest BCUT2D eigenvalue weighted by Crippen LogP contribution is 2.23. The Balaban J connectivity index is 2.89. The van der Waals surface area contributed by atoms with Gasteiger partial charge in [0.25, 0.3) is 0 Å². The first kappa shape index (κ1) is 16.5. The molecule has 4 N–H and O–H groups in total. The number of rotatable bonds is 6. The van der Waals surface area contributed by atoms with Crippen molar-refractivity contribution in [3.05, 3.63) is 24.3 Å². The maximum atomic E-state index is 12.2. The van der Waals surface area contributed by atoms with Crippen LogP contribution in [0.2, 0.25) is 0 Å². The van der Waals surface area contributed by atoms with E-state index in [0.29, 0.717) is 17.8 Å². The van der Waals surface area contributed by atoms with Gasteiger partial charge in [0.15, 0.2) is 0 Å². The lowest BCUT2D eigenvalue weighted by molar-refractivity contribution is -0.124. The van der Waals surface area contributed by atoms with Gasteiger partial charge in [-0.2, -0.15) is 0 Å². The molecule has 0 aliphatic rings. The molecule has 0 aromatic heterocycles. The largest absolute Gasteiger partial charge is 0.329 e. The number of nitrogens with two attached hydrogens (primary N) is 1. The van der Waals surface area contributed by atoms with Gasteiger partial charge in [-0.05, 0) is 31.5 Å². The van der Waals surface area contributed by atoms with E-state index in [-0.39, 0.29) is 12.5 Å². The second kappa shape index (κ2) is 6.23. The van der Waals surface area contributed by atoms with Crippen LogP contribution in [0.15, 0.2) is 24.3 Å². The van der Waals surface area contributed by atoms with E-state index in [2.05, 4.69) is 10.0 Å². The molecule has 0 heterocycles. The van der Waals surface area contributed by atoms with Gasteiger partial charge >= 0.3 is 0 Å². The first-order valence-corrected chi connectivity index (χ1v) is 8.19. The standard InChI is InChI=1S/C13H21N3O3S/c1-4-13(2,9-14)12(17)15-10-6-5-7-11(8-10)16-20(3,18)19/h5-8,16H,4,9,14H2,1-3H3,(H,15,17). The smallest absolute Gasteiger partial charge is 0.231 e. The van der Waals surface area contributed by atoms with Crippen molar-refractivity contribution in [2.24, 2.45) is 11.1 Å². The number of anilines is 2. The minimum Gasteiger partial charge on any atom is -0.329 e. The van der Waals surface area contributed by atoms with E-state index >= 15 is 0 Å². The predicted molar refractivity (Wildman–Crippen MR) is 81.0 cm³/mol. The van der Waals surface area contributed by atoms with Gasteiger partial charge in [0.05, 0.1) is 17.4 Å². The monoisotopic (exact) mass is 299 g/mol. The van der Waals surface area contributed by atoms with Crippen molar-refractivity contribution in [2.45, 2.75) is 20.3 Å². The van der Waals surface area contributed by atoms with Crippen molar-refractivity contribution in [2.75, 3.05) is 22.8 Å². The van der Waals surface area contributed by atoms with E-state index in [9.17, 15) is 13.2 Å². The molecule has 1 unspecified atom stereocenters. The molecule has 0 saturated heterocycles. The van der Waals surface area contributed by atoms with Gasteiger partial charge in [0, 0.05) is 12.2 Å². The zero-order valence-electron chi connectivity index (χ0n) is 11.9. The summed E-state index contributed by atoms with van der Waals surface area (Å²) in [5.74, 6) is -0.181. The van der Waals surface area contributed by atoms with Crippen LogP contribution in [0.3, 0.4) is 0 Å². The van der Waals surface area contributed by atoms with E-state index in [4.69, 9.17) is 5.73 Å². The Bertz CT molecular complexity index is 580. The fraction of sp³-hybridized carbons (Fsp3) is 0.462. The first-order valence-electron chi connectivity index (χ1n) is 6.29. The van der Waals surface area contributed by atoms with Crippen LogP contribution in [0.4, 0.5) is 11.4 Å². The minimum atomic E-state index is -3.34. The third kappa shape index (κ3) is 4.50. The molecule has 0 bridgehead atoms. The number of sulfonamides is 1. The lowest BCUT2D eigenvalue weighted by atomic mass is 9.86. The van der Waals surface area contributed by atoms with Gasteiger partial charge in [-0.3, -0.25) is 9.52 Å². The molecule has 112 valence electrons. The molecule has 20 heavy (non-hydrogen) atoms. The first-order chi connectivity index (χ1) is 9.20. The normalized spacial score (nSPS) is 14.4. The number of carbonyl (C=O) groups is 1. The third-order valence-corrected chi connectivity index (χ3v) is 3.81. The zero-order chi connectivity index (χ0) is 15.4. The molecule has 0 aliphatic carbocycles. The molecule has 1 rings (SSSR count). The average molecular weight is 299 g/mol. The minimum absolute atomic E-state index is 0.181. The van der Waals surface area contributed by atoms with Gasteiger partial charge in [0.2, 0.25) is 15.9 Å². The Hall–Kier alpha value is -1.60. The van der Waals surface area contributed by atoms with Gasteiger partial charge in [-0.25, -0.2) is 8.42 Å². The van der Waals surface area contributed by atoms with Crippen LogP contribution in [-0.2, 0) is 14.8 Å². The number of hydrogen-bond donors (Lipinski definition) is 3. The summed E-state index contributed by atoms with van der Waals surface area (Å²) < 4.78 is 24.7. The quantitative estimate of drug-likeness (QED) is 0.738. The number of benzene rings is 1. The molecule has 7 heteroatoms. The zero-order valence-corrected chi connectivity index (χ0v) is 12.8. The SMILES string of the molecule is CCC(C)(CN)C(=O)Nc1cccc(NS(C)(=O)=O)c1. The Morgan fingerprint density at radius 1 is 1.35 bits per heavy atom. The van der Waals surface area contributed by atoms with E-state index in [1.54, 1.807) is 31.2 Å². The van der Waals surface area contributed by atoms with Gasteiger partial charge < -0.3 is 11.1 Å². The predicted octanol–water partition coefficient (Wildman–Crippen LogP) is 1.37. The second-order valence-corrected chi connectivity index (χ2v) is 6.78. The molecule has 0 saturated carbocycles. The maximum Gasteiger partial charge on any atom is 0.231 e. The molecule has 0 spiro atoms.